The minimum Gasteiger partial charge on any atom is -0.358 e. The topological polar surface area (TPSA) is 59.5 Å². The van der Waals surface area contributed by atoms with Gasteiger partial charge in [0.2, 0.25) is 0 Å². The first kappa shape index (κ1) is 23.7. The quantitative estimate of drug-likeness (QED) is 0.306. The van der Waals surface area contributed by atoms with Crippen molar-refractivity contribution in [2.75, 3.05) is 0 Å². The van der Waals surface area contributed by atoms with Gasteiger partial charge in [-0.25, -0.2) is 9.78 Å². The summed E-state index contributed by atoms with van der Waals surface area (Å²) < 4.78 is 0. The molecular formula is C30H35N3O2. The molecule has 1 aliphatic heterocycles. The van der Waals surface area contributed by atoms with Crippen molar-refractivity contribution in [2.24, 2.45) is 22.7 Å². The number of aromatic amines is 1. The SMILES string of the molecule is CC1=N/C(=C\c2[nH]c(C)c(COOC3C(C)CC(C)CC3C)c2-c2ccccc2)c2ncccc21. The normalized spacial score (nSPS) is 25.1. The molecule has 2 aromatic heterocycles. The molecule has 2 unspecified atom stereocenters. The van der Waals surface area contributed by atoms with Gasteiger partial charge >= 0.3 is 0 Å². The molecule has 5 heteroatoms. The molecule has 1 saturated carbocycles. The van der Waals surface area contributed by atoms with Crippen LogP contribution in [-0.2, 0) is 16.4 Å². The molecule has 2 aliphatic rings. The zero-order valence-corrected chi connectivity index (χ0v) is 21.3. The summed E-state index contributed by atoms with van der Waals surface area (Å²) in [5.74, 6) is 1.73. The molecule has 1 N–H and O–H groups in total. The van der Waals surface area contributed by atoms with Gasteiger partial charge in [-0.1, -0.05) is 51.1 Å². The lowest BCUT2D eigenvalue weighted by molar-refractivity contribution is -0.354. The molecule has 5 nitrogen and oxygen atoms in total. The number of aryl methyl sites for hydroxylation is 1. The highest BCUT2D eigenvalue weighted by Crippen LogP contribution is 2.37. The lowest BCUT2D eigenvalue weighted by Crippen LogP contribution is -2.35. The summed E-state index contributed by atoms with van der Waals surface area (Å²) in [6, 6.07) is 14.5. The first-order valence-corrected chi connectivity index (χ1v) is 12.7. The maximum atomic E-state index is 6.05. The van der Waals surface area contributed by atoms with Crippen LogP contribution in [0.2, 0.25) is 0 Å². The fraction of sp³-hybridized carbons (Fsp3) is 0.400. The summed E-state index contributed by atoms with van der Waals surface area (Å²) in [4.78, 5) is 25.0. The number of benzene rings is 1. The molecule has 5 rings (SSSR count). The van der Waals surface area contributed by atoms with Crippen LogP contribution < -0.4 is 0 Å². The summed E-state index contributed by atoms with van der Waals surface area (Å²) in [6.45, 7) is 11.4. The van der Waals surface area contributed by atoms with Crippen LogP contribution in [0.3, 0.4) is 0 Å². The number of nitrogens with zero attached hydrogens (tertiary/aromatic N) is 2. The van der Waals surface area contributed by atoms with Crippen LogP contribution in [0.5, 0.6) is 0 Å². The first-order chi connectivity index (χ1) is 16.9. The Morgan fingerprint density at radius 3 is 2.49 bits per heavy atom. The van der Waals surface area contributed by atoms with Crippen molar-refractivity contribution >= 4 is 17.5 Å². The summed E-state index contributed by atoms with van der Waals surface area (Å²) in [5, 5.41) is 0. The van der Waals surface area contributed by atoms with E-state index >= 15 is 0 Å². The molecule has 0 radical (unpaired) electrons. The third-order valence-corrected chi connectivity index (χ3v) is 7.47. The van der Waals surface area contributed by atoms with Crippen LogP contribution in [0.15, 0.2) is 53.7 Å². The first-order valence-electron chi connectivity index (χ1n) is 12.7. The molecular weight excluding hydrogens is 434 g/mol. The van der Waals surface area contributed by atoms with E-state index < -0.39 is 0 Å². The third-order valence-electron chi connectivity index (χ3n) is 7.47. The average Bonchev–Trinajstić information content (AvgIpc) is 3.32. The third kappa shape index (κ3) is 4.75. The Morgan fingerprint density at radius 1 is 1.00 bits per heavy atom. The molecule has 3 aromatic rings. The number of rotatable bonds is 6. The van der Waals surface area contributed by atoms with E-state index in [1.54, 1.807) is 0 Å². The van der Waals surface area contributed by atoms with E-state index in [2.05, 4.69) is 74.1 Å². The Bertz CT molecular complexity index is 1250. The maximum Gasteiger partial charge on any atom is 0.110 e. The fourth-order valence-electron chi connectivity index (χ4n) is 5.90. The van der Waals surface area contributed by atoms with Gasteiger partial charge in [0.1, 0.15) is 6.61 Å². The number of hydrogen-bond acceptors (Lipinski definition) is 4. The predicted molar refractivity (Wildman–Crippen MR) is 142 cm³/mol. The Kier molecular flexibility index (Phi) is 6.72. The molecule has 0 bridgehead atoms. The molecule has 35 heavy (non-hydrogen) atoms. The Labute approximate surface area is 208 Å². The number of aromatic nitrogens is 2. The van der Waals surface area contributed by atoms with Gasteiger partial charge in [-0.05, 0) is 68.2 Å². The predicted octanol–water partition coefficient (Wildman–Crippen LogP) is 7.22. The summed E-state index contributed by atoms with van der Waals surface area (Å²) in [6.07, 6.45) is 6.43. The molecule has 3 heterocycles. The van der Waals surface area contributed by atoms with Crippen LogP contribution in [0, 0.1) is 24.7 Å². The van der Waals surface area contributed by atoms with Crippen molar-refractivity contribution in [1.29, 1.82) is 0 Å². The van der Waals surface area contributed by atoms with Gasteiger partial charge in [0, 0.05) is 40.0 Å². The van der Waals surface area contributed by atoms with E-state index in [1.165, 1.54) is 12.8 Å². The van der Waals surface area contributed by atoms with Gasteiger partial charge in [-0.2, -0.15) is 0 Å². The van der Waals surface area contributed by atoms with E-state index in [-0.39, 0.29) is 6.10 Å². The highest BCUT2D eigenvalue weighted by atomic mass is 17.2. The van der Waals surface area contributed by atoms with E-state index in [0.29, 0.717) is 18.4 Å². The largest absolute Gasteiger partial charge is 0.358 e. The number of aliphatic imine (C=N–C) groups is 1. The van der Waals surface area contributed by atoms with E-state index in [0.717, 1.165) is 56.7 Å². The molecule has 1 aromatic carbocycles. The van der Waals surface area contributed by atoms with Crippen molar-refractivity contribution in [3.63, 3.8) is 0 Å². The zero-order chi connectivity index (χ0) is 24.5. The molecule has 1 aliphatic carbocycles. The maximum absolute atomic E-state index is 6.05. The van der Waals surface area contributed by atoms with Crippen LogP contribution >= 0.6 is 0 Å². The van der Waals surface area contributed by atoms with Crippen LogP contribution in [0.1, 0.15) is 68.7 Å². The second-order valence-corrected chi connectivity index (χ2v) is 10.4. The Hall–Kier alpha value is -3.02. The van der Waals surface area contributed by atoms with Crippen molar-refractivity contribution in [3.8, 4) is 11.1 Å². The molecule has 1 fully saturated rings. The zero-order valence-electron chi connectivity index (χ0n) is 21.3. The van der Waals surface area contributed by atoms with Gasteiger partial charge in [0.25, 0.3) is 0 Å². The van der Waals surface area contributed by atoms with Crippen molar-refractivity contribution < 1.29 is 9.78 Å². The molecule has 0 amide bonds. The van der Waals surface area contributed by atoms with Gasteiger partial charge in [0.15, 0.2) is 0 Å². The van der Waals surface area contributed by atoms with Gasteiger partial charge in [0.05, 0.1) is 17.5 Å². The second-order valence-electron chi connectivity index (χ2n) is 10.4. The monoisotopic (exact) mass is 469 g/mol. The highest BCUT2D eigenvalue weighted by molar-refractivity contribution is 6.11. The lowest BCUT2D eigenvalue weighted by atomic mass is 9.75. The van der Waals surface area contributed by atoms with Gasteiger partial charge in [-0.3, -0.25) is 9.98 Å². The highest BCUT2D eigenvalue weighted by Gasteiger charge is 2.33. The van der Waals surface area contributed by atoms with Crippen LogP contribution in [0.4, 0.5) is 0 Å². The number of pyridine rings is 1. The second kappa shape index (κ2) is 9.92. The van der Waals surface area contributed by atoms with E-state index in [9.17, 15) is 0 Å². The van der Waals surface area contributed by atoms with Crippen LogP contribution in [-0.4, -0.2) is 21.8 Å². The lowest BCUT2D eigenvalue weighted by Gasteiger charge is -2.36. The van der Waals surface area contributed by atoms with Crippen molar-refractivity contribution in [2.45, 2.75) is 60.2 Å². The minimum atomic E-state index is 0.130. The average molecular weight is 470 g/mol. The summed E-state index contributed by atoms with van der Waals surface area (Å²) >= 11 is 0. The molecule has 182 valence electrons. The minimum absolute atomic E-state index is 0.130. The van der Waals surface area contributed by atoms with Crippen molar-refractivity contribution in [3.05, 3.63) is 76.9 Å². The van der Waals surface area contributed by atoms with E-state index in [4.69, 9.17) is 14.8 Å². The number of fused-ring (bicyclic) bond motifs is 1. The fourth-order valence-corrected chi connectivity index (χ4v) is 5.90. The Morgan fingerprint density at radius 2 is 1.74 bits per heavy atom. The smallest absolute Gasteiger partial charge is 0.110 e. The summed E-state index contributed by atoms with van der Waals surface area (Å²) in [5.41, 5.74) is 9.31. The standard InChI is InChI=1S/C30H35N3O2/c1-18-14-19(2)30(20(3)15-18)35-34-17-25-22(5)32-26(28(25)23-10-7-6-8-11-23)16-27-29-24(21(4)33-27)12-9-13-31-29/h6-13,16,18-20,30,32H,14-15,17H2,1-5H3/b27-16-. The number of hydrogen-bond donors (Lipinski definition) is 1. The van der Waals surface area contributed by atoms with Crippen LogP contribution in [0.25, 0.3) is 22.9 Å². The number of H-pyrrole nitrogens is 1. The number of nitrogens with one attached hydrogen (secondary N) is 1. The molecule has 0 saturated heterocycles. The Balaban J connectivity index is 1.46. The summed E-state index contributed by atoms with van der Waals surface area (Å²) in [7, 11) is 0. The molecule has 2 atom stereocenters. The van der Waals surface area contributed by atoms with E-state index in [1.807, 2.05) is 25.3 Å². The van der Waals surface area contributed by atoms with Gasteiger partial charge < -0.3 is 4.98 Å². The van der Waals surface area contributed by atoms with Crippen molar-refractivity contribution in [1.82, 2.24) is 9.97 Å². The molecule has 0 spiro atoms. The van der Waals surface area contributed by atoms with Gasteiger partial charge in [-0.15, -0.1) is 0 Å².